The molecule has 0 radical (unpaired) electrons. The van der Waals surface area contributed by atoms with Gasteiger partial charge in [-0.15, -0.1) is 0 Å². The molecule has 184 valence electrons. The minimum Gasteiger partial charge on any atom is -0.426 e. The summed E-state index contributed by atoms with van der Waals surface area (Å²) in [5.41, 5.74) is 4.11. The molecule has 0 aromatic heterocycles. The highest BCUT2D eigenvalue weighted by atomic mass is 16.5. The first-order chi connectivity index (χ1) is 17.0. The molecule has 7 heteroatoms. The first kappa shape index (κ1) is 24.9. The molecule has 2 N–H and O–H groups in total. The summed E-state index contributed by atoms with van der Waals surface area (Å²) in [6.07, 6.45) is 4.07. The van der Waals surface area contributed by atoms with Gasteiger partial charge < -0.3 is 20.1 Å². The first-order valence-corrected chi connectivity index (χ1v) is 12.5. The SMILES string of the molecule is CC1CCc2cc(-c3ccc(C[C@@H](C#N)NC(=O)[C@@H]4CNCCCCO4)cc3)ccc2OC(=O)C1. The van der Waals surface area contributed by atoms with Gasteiger partial charge in [0, 0.05) is 26.0 Å². The van der Waals surface area contributed by atoms with Crippen LogP contribution in [0.4, 0.5) is 0 Å². The number of benzene rings is 2. The number of hydrogen-bond donors (Lipinski definition) is 2. The van der Waals surface area contributed by atoms with Crippen molar-refractivity contribution >= 4 is 11.9 Å². The highest BCUT2D eigenvalue weighted by molar-refractivity contribution is 5.81. The standard InChI is InChI=1S/C28H33N3O4/c1-19-4-7-23-16-22(10-11-25(23)35-27(32)14-19)21-8-5-20(6-9-21)15-24(17-29)31-28(33)26-18-30-12-2-3-13-34-26/h5-6,8-11,16,19,24,26,30H,2-4,7,12-15,18H2,1H3,(H,31,33)/t19?,24-,26-/m0/s1. The van der Waals surface area contributed by atoms with E-state index in [0.29, 0.717) is 37.7 Å². The van der Waals surface area contributed by atoms with Crippen molar-refractivity contribution in [3.05, 3.63) is 53.6 Å². The number of nitrogens with zero attached hydrogens (tertiary/aromatic N) is 1. The van der Waals surface area contributed by atoms with Crippen LogP contribution in [0.1, 0.15) is 43.7 Å². The molecule has 0 saturated carbocycles. The van der Waals surface area contributed by atoms with Gasteiger partial charge in [0.05, 0.1) is 6.07 Å². The molecule has 1 unspecified atom stereocenters. The molecule has 7 nitrogen and oxygen atoms in total. The Labute approximate surface area is 206 Å². The number of nitrogens with one attached hydrogen (secondary N) is 2. The number of aryl methyl sites for hydroxylation is 1. The summed E-state index contributed by atoms with van der Waals surface area (Å²) in [6, 6.07) is 15.5. The fourth-order valence-corrected chi connectivity index (χ4v) is 4.51. The molecule has 0 bridgehead atoms. The molecule has 0 aliphatic carbocycles. The van der Waals surface area contributed by atoms with Gasteiger partial charge in [0.1, 0.15) is 17.9 Å². The second-order valence-electron chi connectivity index (χ2n) is 9.51. The third-order valence-corrected chi connectivity index (χ3v) is 6.59. The van der Waals surface area contributed by atoms with E-state index in [1.807, 2.05) is 36.4 Å². The Hall–Kier alpha value is -3.21. The lowest BCUT2D eigenvalue weighted by Gasteiger charge is -2.22. The molecule has 2 aliphatic heterocycles. The van der Waals surface area contributed by atoms with Gasteiger partial charge in [-0.1, -0.05) is 37.3 Å². The Kier molecular flexibility index (Phi) is 8.51. The topological polar surface area (TPSA) is 100 Å². The number of nitriles is 1. The van der Waals surface area contributed by atoms with Crippen molar-refractivity contribution in [1.29, 1.82) is 5.26 Å². The molecule has 1 saturated heterocycles. The average Bonchev–Trinajstić information content (AvgIpc) is 2.82. The minimum atomic E-state index is -0.629. The van der Waals surface area contributed by atoms with E-state index in [9.17, 15) is 14.9 Å². The number of fused-ring (bicyclic) bond motifs is 1. The maximum absolute atomic E-state index is 12.6. The summed E-state index contributed by atoms with van der Waals surface area (Å²) < 4.78 is 11.2. The lowest BCUT2D eigenvalue weighted by atomic mass is 9.93. The summed E-state index contributed by atoms with van der Waals surface area (Å²) in [5, 5.41) is 15.6. The largest absolute Gasteiger partial charge is 0.426 e. The van der Waals surface area contributed by atoms with Crippen molar-refractivity contribution in [3.8, 4) is 22.9 Å². The summed E-state index contributed by atoms with van der Waals surface area (Å²) in [7, 11) is 0. The van der Waals surface area contributed by atoms with Gasteiger partial charge in [-0.25, -0.2) is 0 Å². The number of rotatable bonds is 5. The molecule has 2 aromatic carbocycles. The zero-order valence-electron chi connectivity index (χ0n) is 20.2. The van der Waals surface area contributed by atoms with E-state index in [0.717, 1.165) is 54.5 Å². The summed E-state index contributed by atoms with van der Waals surface area (Å²) in [6.45, 7) is 3.96. The van der Waals surface area contributed by atoms with Crippen LogP contribution in [0.15, 0.2) is 42.5 Å². The van der Waals surface area contributed by atoms with Crippen LogP contribution >= 0.6 is 0 Å². The van der Waals surface area contributed by atoms with Gasteiger partial charge in [0.15, 0.2) is 0 Å². The highest BCUT2D eigenvalue weighted by Crippen LogP contribution is 2.31. The lowest BCUT2D eigenvalue weighted by molar-refractivity contribution is -0.135. The van der Waals surface area contributed by atoms with Crippen LogP contribution in [0.2, 0.25) is 0 Å². The summed E-state index contributed by atoms with van der Waals surface area (Å²) in [5.74, 6) is 0.533. The van der Waals surface area contributed by atoms with E-state index in [1.54, 1.807) is 0 Å². The minimum absolute atomic E-state index is 0.174. The van der Waals surface area contributed by atoms with E-state index in [-0.39, 0.29) is 11.9 Å². The van der Waals surface area contributed by atoms with E-state index < -0.39 is 12.1 Å². The molecular formula is C28H33N3O4. The fraction of sp³-hybridized carbons (Fsp3) is 0.464. The van der Waals surface area contributed by atoms with Crippen molar-refractivity contribution in [3.63, 3.8) is 0 Å². The lowest BCUT2D eigenvalue weighted by Crippen LogP contribution is -2.47. The second kappa shape index (κ2) is 12.0. The smallest absolute Gasteiger partial charge is 0.311 e. The Morgan fingerprint density at radius 2 is 2.00 bits per heavy atom. The van der Waals surface area contributed by atoms with Gasteiger partial charge in [0.25, 0.3) is 5.91 Å². The van der Waals surface area contributed by atoms with Gasteiger partial charge >= 0.3 is 5.97 Å². The number of amides is 1. The Morgan fingerprint density at radius 3 is 2.80 bits per heavy atom. The molecule has 2 aromatic rings. The Morgan fingerprint density at radius 1 is 1.20 bits per heavy atom. The van der Waals surface area contributed by atoms with Crippen LogP contribution in [0.25, 0.3) is 11.1 Å². The summed E-state index contributed by atoms with van der Waals surface area (Å²) >= 11 is 0. The number of carbonyl (C=O) groups excluding carboxylic acids is 2. The van der Waals surface area contributed by atoms with Crippen LogP contribution in [0, 0.1) is 17.2 Å². The van der Waals surface area contributed by atoms with Crippen molar-refractivity contribution in [1.82, 2.24) is 10.6 Å². The number of ether oxygens (including phenoxy) is 2. The maximum Gasteiger partial charge on any atom is 0.311 e. The average molecular weight is 476 g/mol. The van der Waals surface area contributed by atoms with E-state index >= 15 is 0 Å². The van der Waals surface area contributed by atoms with E-state index in [1.165, 1.54) is 0 Å². The third-order valence-electron chi connectivity index (χ3n) is 6.59. The van der Waals surface area contributed by atoms with Crippen LogP contribution in [-0.2, 0) is 27.2 Å². The van der Waals surface area contributed by atoms with Gasteiger partial charge in [0.2, 0.25) is 0 Å². The molecule has 1 fully saturated rings. The van der Waals surface area contributed by atoms with Crippen molar-refractivity contribution in [2.24, 2.45) is 5.92 Å². The number of hydrogen-bond acceptors (Lipinski definition) is 6. The Bertz CT molecular complexity index is 1070. The normalized spacial score (nSPS) is 21.7. The molecule has 4 rings (SSSR count). The monoisotopic (exact) mass is 475 g/mol. The highest BCUT2D eigenvalue weighted by Gasteiger charge is 2.23. The zero-order chi connectivity index (χ0) is 24.6. The molecule has 0 spiro atoms. The van der Waals surface area contributed by atoms with Crippen LogP contribution < -0.4 is 15.4 Å². The quantitative estimate of drug-likeness (QED) is 0.507. The fourth-order valence-electron chi connectivity index (χ4n) is 4.51. The molecule has 2 aliphatic rings. The van der Waals surface area contributed by atoms with Crippen LogP contribution in [0.5, 0.6) is 5.75 Å². The van der Waals surface area contributed by atoms with E-state index in [4.69, 9.17) is 9.47 Å². The summed E-state index contributed by atoms with van der Waals surface area (Å²) in [4.78, 5) is 24.6. The first-order valence-electron chi connectivity index (χ1n) is 12.5. The molecule has 35 heavy (non-hydrogen) atoms. The van der Waals surface area contributed by atoms with Crippen molar-refractivity contribution < 1.29 is 19.1 Å². The van der Waals surface area contributed by atoms with Crippen LogP contribution in [0.3, 0.4) is 0 Å². The predicted octanol–water partition coefficient (Wildman–Crippen LogP) is 3.55. The molecule has 2 heterocycles. The van der Waals surface area contributed by atoms with Gasteiger partial charge in [-0.3, -0.25) is 9.59 Å². The third kappa shape index (κ3) is 6.91. The Balaban J connectivity index is 1.39. The van der Waals surface area contributed by atoms with E-state index in [2.05, 4.69) is 29.7 Å². The maximum atomic E-state index is 12.6. The molecule has 1 amide bonds. The number of esters is 1. The van der Waals surface area contributed by atoms with Gasteiger partial charge in [-0.05, 0) is 72.5 Å². The van der Waals surface area contributed by atoms with Gasteiger partial charge in [-0.2, -0.15) is 5.26 Å². The van der Waals surface area contributed by atoms with Crippen LogP contribution in [-0.4, -0.2) is 43.7 Å². The zero-order valence-corrected chi connectivity index (χ0v) is 20.2. The second-order valence-corrected chi connectivity index (χ2v) is 9.51. The molecule has 3 atom stereocenters. The van der Waals surface area contributed by atoms with Crippen molar-refractivity contribution in [2.75, 3.05) is 19.7 Å². The predicted molar refractivity (Wildman–Crippen MR) is 133 cm³/mol. The molecular weight excluding hydrogens is 442 g/mol. The number of carbonyl (C=O) groups is 2. The van der Waals surface area contributed by atoms with Crippen molar-refractivity contribution in [2.45, 2.75) is 57.6 Å².